The highest BCUT2D eigenvalue weighted by atomic mass is 16.1. The molecule has 18 heavy (non-hydrogen) atoms. The first-order chi connectivity index (χ1) is 8.65. The SMILES string of the molecule is CNC(=O)c1ccn(-c2cc(C)ccc2CN)n1. The molecule has 1 aromatic heterocycles. The monoisotopic (exact) mass is 244 g/mol. The van der Waals surface area contributed by atoms with Crippen molar-refractivity contribution in [1.29, 1.82) is 0 Å². The molecule has 2 aromatic rings. The molecule has 0 aliphatic heterocycles. The lowest BCUT2D eigenvalue weighted by Gasteiger charge is -2.08. The van der Waals surface area contributed by atoms with Crippen LogP contribution in [0.3, 0.4) is 0 Å². The summed E-state index contributed by atoms with van der Waals surface area (Å²) >= 11 is 0. The van der Waals surface area contributed by atoms with E-state index in [-0.39, 0.29) is 5.91 Å². The van der Waals surface area contributed by atoms with E-state index in [4.69, 9.17) is 5.73 Å². The molecule has 0 spiro atoms. The molecule has 3 N–H and O–H groups in total. The Labute approximate surface area is 106 Å². The van der Waals surface area contributed by atoms with Gasteiger partial charge in [-0.25, -0.2) is 4.68 Å². The van der Waals surface area contributed by atoms with Crippen LogP contribution in [0.5, 0.6) is 0 Å². The van der Waals surface area contributed by atoms with E-state index in [0.29, 0.717) is 12.2 Å². The van der Waals surface area contributed by atoms with Crippen LogP contribution in [0, 0.1) is 6.92 Å². The highest BCUT2D eigenvalue weighted by molar-refractivity contribution is 5.91. The van der Waals surface area contributed by atoms with Gasteiger partial charge in [0.15, 0.2) is 5.69 Å². The Morgan fingerprint density at radius 2 is 2.22 bits per heavy atom. The second-order valence-corrected chi connectivity index (χ2v) is 4.06. The van der Waals surface area contributed by atoms with E-state index in [9.17, 15) is 4.79 Å². The average Bonchev–Trinajstić information content (AvgIpc) is 2.87. The van der Waals surface area contributed by atoms with Gasteiger partial charge in [-0.3, -0.25) is 4.79 Å². The van der Waals surface area contributed by atoms with Crippen molar-refractivity contribution in [3.05, 3.63) is 47.3 Å². The van der Waals surface area contributed by atoms with Crippen molar-refractivity contribution in [3.63, 3.8) is 0 Å². The number of aryl methyl sites for hydroxylation is 1. The molecule has 0 radical (unpaired) electrons. The van der Waals surface area contributed by atoms with Crippen molar-refractivity contribution in [3.8, 4) is 5.69 Å². The van der Waals surface area contributed by atoms with Gasteiger partial charge < -0.3 is 11.1 Å². The van der Waals surface area contributed by atoms with Crippen LogP contribution < -0.4 is 11.1 Å². The molecule has 5 nitrogen and oxygen atoms in total. The summed E-state index contributed by atoms with van der Waals surface area (Å²) in [5.74, 6) is -0.198. The lowest BCUT2D eigenvalue weighted by atomic mass is 10.1. The van der Waals surface area contributed by atoms with E-state index in [1.807, 2.05) is 25.1 Å². The summed E-state index contributed by atoms with van der Waals surface area (Å²) in [6, 6.07) is 7.67. The van der Waals surface area contributed by atoms with Crippen LogP contribution in [0.25, 0.3) is 5.69 Å². The Balaban J connectivity index is 2.45. The van der Waals surface area contributed by atoms with E-state index >= 15 is 0 Å². The summed E-state index contributed by atoms with van der Waals surface area (Å²) in [5, 5.41) is 6.80. The fourth-order valence-corrected chi connectivity index (χ4v) is 1.77. The van der Waals surface area contributed by atoms with Gasteiger partial charge in [0.2, 0.25) is 0 Å². The maximum Gasteiger partial charge on any atom is 0.271 e. The number of nitrogens with one attached hydrogen (secondary N) is 1. The Hall–Kier alpha value is -2.14. The van der Waals surface area contributed by atoms with E-state index in [1.165, 1.54) is 0 Å². The van der Waals surface area contributed by atoms with Gasteiger partial charge >= 0.3 is 0 Å². The highest BCUT2D eigenvalue weighted by Gasteiger charge is 2.10. The molecule has 1 amide bonds. The number of hydrogen-bond acceptors (Lipinski definition) is 3. The zero-order chi connectivity index (χ0) is 13.1. The molecule has 2 rings (SSSR count). The fourth-order valence-electron chi connectivity index (χ4n) is 1.77. The third-order valence-corrected chi connectivity index (χ3v) is 2.76. The zero-order valence-electron chi connectivity index (χ0n) is 10.5. The maximum absolute atomic E-state index is 11.5. The lowest BCUT2D eigenvalue weighted by molar-refractivity contribution is 0.0957. The number of carbonyl (C=O) groups excluding carboxylic acids is 1. The number of rotatable bonds is 3. The Bertz CT molecular complexity index is 574. The molecule has 5 heteroatoms. The third-order valence-electron chi connectivity index (χ3n) is 2.76. The normalized spacial score (nSPS) is 10.4. The molecule has 1 aromatic carbocycles. The van der Waals surface area contributed by atoms with Crippen molar-refractivity contribution in [2.75, 3.05) is 7.05 Å². The number of nitrogens with two attached hydrogens (primary N) is 1. The quantitative estimate of drug-likeness (QED) is 0.846. The number of amides is 1. The number of hydrogen-bond donors (Lipinski definition) is 2. The van der Waals surface area contributed by atoms with Crippen molar-refractivity contribution >= 4 is 5.91 Å². The first-order valence-electron chi connectivity index (χ1n) is 5.73. The Kier molecular flexibility index (Phi) is 3.43. The molecule has 0 saturated carbocycles. The van der Waals surface area contributed by atoms with Crippen molar-refractivity contribution in [1.82, 2.24) is 15.1 Å². The summed E-state index contributed by atoms with van der Waals surface area (Å²) in [6.45, 7) is 2.44. The summed E-state index contributed by atoms with van der Waals surface area (Å²) in [7, 11) is 1.58. The first kappa shape index (κ1) is 12.3. The van der Waals surface area contributed by atoms with Crippen molar-refractivity contribution < 1.29 is 4.79 Å². The van der Waals surface area contributed by atoms with Crippen LogP contribution in [0.2, 0.25) is 0 Å². The molecular weight excluding hydrogens is 228 g/mol. The van der Waals surface area contributed by atoms with Crippen LogP contribution in [0.1, 0.15) is 21.6 Å². The van der Waals surface area contributed by atoms with Gasteiger partial charge in [-0.2, -0.15) is 5.10 Å². The molecule has 1 heterocycles. The number of nitrogens with zero attached hydrogens (tertiary/aromatic N) is 2. The predicted molar refractivity (Wildman–Crippen MR) is 69.6 cm³/mol. The molecule has 0 unspecified atom stereocenters. The minimum absolute atomic E-state index is 0.198. The third kappa shape index (κ3) is 2.26. The molecule has 0 saturated heterocycles. The largest absolute Gasteiger partial charge is 0.354 e. The van der Waals surface area contributed by atoms with Gasteiger partial charge in [0.25, 0.3) is 5.91 Å². The van der Waals surface area contributed by atoms with Crippen LogP contribution in [-0.4, -0.2) is 22.7 Å². The van der Waals surface area contributed by atoms with E-state index in [2.05, 4.69) is 10.4 Å². The van der Waals surface area contributed by atoms with Gasteiger partial charge in [0.1, 0.15) is 0 Å². The molecular formula is C13H16N4O. The second kappa shape index (κ2) is 5.01. The zero-order valence-corrected chi connectivity index (χ0v) is 10.5. The second-order valence-electron chi connectivity index (χ2n) is 4.06. The van der Waals surface area contributed by atoms with Crippen LogP contribution in [-0.2, 0) is 6.54 Å². The van der Waals surface area contributed by atoms with Gasteiger partial charge in [0.05, 0.1) is 5.69 Å². The summed E-state index contributed by atoms with van der Waals surface area (Å²) in [4.78, 5) is 11.5. The fraction of sp³-hybridized carbons (Fsp3) is 0.231. The highest BCUT2D eigenvalue weighted by Crippen LogP contribution is 2.16. The number of aromatic nitrogens is 2. The molecule has 0 aliphatic carbocycles. The van der Waals surface area contributed by atoms with E-state index in [1.54, 1.807) is 24.0 Å². The molecule has 94 valence electrons. The minimum atomic E-state index is -0.198. The average molecular weight is 244 g/mol. The van der Waals surface area contributed by atoms with Crippen LogP contribution in [0.4, 0.5) is 0 Å². The first-order valence-corrected chi connectivity index (χ1v) is 5.73. The summed E-state index contributed by atoms with van der Waals surface area (Å²) in [5.41, 5.74) is 9.13. The van der Waals surface area contributed by atoms with Gasteiger partial charge in [-0.05, 0) is 30.2 Å². The Morgan fingerprint density at radius 3 is 2.89 bits per heavy atom. The summed E-state index contributed by atoms with van der Waals surface area (Å²) < 4.78 is 1.68. The van der Waals surface area contributed by atoms with E-state index < -0.39 is 0 Å². The topological polar surface area (TPSA) is 72.9 Å². The number of carbonyl (C=O) groups is 1. The number of benzene rings is 1. The lowest BCUT2D eigenvalue weighted by Crippen LogP contribution is -2.18. The van der Waals surface area contributed by atoms with Gasteiger partial charge in [-0.15, -0.1) is 0 Å². The van der Waals surface area contributed by atoms with Crippen molar-refractivity contribution in [2.24, 2.45) is 5.73 Å². The van der Waals surface area contributed by atoms with Gasteiger partial charge in [0, 0.05) is 19.8 Å². The molecule has 0 bridgehead atoms. The predicted octanol–water partition coefficient (Wildman–Crippen LogP) is 0.999. The summed E-state index contributed by atoms with van der Waals surface area (Å²) in [6.07, 6.45) is 1.76. The van der Waals surface area contributed by atoms with Crippen LogP contribution >= 0.6 is 0 Å². The molecule has 0 aliphatic rings. The molecule has 0 fully saturated rings. The standard InChI is InChI=1S/C13H16N4O/c1-9-3-4-10(8-14)12(7-9)17-6-5-11(16-17)13(18)15-2/h3-7H,8,14H2,1-2H3,(H,15,18). The minimum Gasteiger partial charge on any atom is -0.354 e. The van der Waals surface area contributed by atoms with Crippen molar-refractivity contribution in [2.45, 2.75) is 13.5 Å². The van der Waals surface area contributed by atoms with Gasteiger partial charge in [-0.1, -0.05) is 12.1 Å². The Morgan fingerprint density at radius 1 is 1.44 bits per heavy atom. The smallest absolute Gasteiger partial charge is 0.271 e. The van der Waals surface area contributed by atoms with E-state index in [0.717, 1.165) is 16.8 Å². The maximum atomic E-state index is 11.5. The van der Waals surface area contributed by atoms with Crippen LogP contribution in [0.15, 0.2) is 30.5 Å². The molecule has 0 atom stereocenters.